The van der Waals surface area contributed by atoms with Crippen LogP contribution in [0.2, 0.25) is 0 Å². The van der Waals surface area contributed by atoms with Gasteiger partial charge in [0.15, 0.2) is 5.41 Å². The monoisotopic (exact) mass is 276 g/mol. The Morgan fingerprint density at radius 1 is 0.789 bits per heavy atom. The minimum Gasteiger partial charge on any atom is -0.481 e. The van der Waals surface area contributed by atoms with Crippen LogP contribution in [0.3, 0.4) is 0 Å². The maximum Gasteiger partial charge on any atom is 0.320 e. The number of hydrogen-bond acceptors (Lipinski definition) is 7. The largest absolute Gasteiger partial charge is 0.481 e. The number of hydrogen-bond donors (Lipinski definition) is 1. The van der Waals surface area contributed by atoms with E-state index in [1.165, 1.54) is 0 Å². The lowest BCUT2D eigenvalue weighted by Crippen LogP contribution is -2.45. The molecule has 0 heterocycles. The van der Waals surface area contributed by atoms with Crippen LogP contribution in [0.4, 0.5) is 0 Å². The summed E-state index contributed by atoms with van der Waals surface area (Å²) in [6, 6.07) is 0. The average Bonchev–Trinajstić information content (AvgIpc) is 2.27. The van der Waals surface area contributed by atoms with Gasteiger partial charge in [0.25, 0.3) is 0 Å². The predicted molar refractivity (Wildman–Crippen MR) is 60.0 cm³/mol. The molecular formula is C11H16O8. The van der Waals surface area contributed by atoms with Gasteiger partial charge in [0.05, 0.1) is 0 Å². The van der Waals surface area contributed by atoms with Crippen molar-refractivity contribution in [3.8, 4) is 0 Å². The lowest BCUT2D eigenvalue weighted by atomic mass is 9.91. The summed E-state index contributed by atoms with van der Waals surface area (Å²) in [5.74, 6) is -3.50. The van der Waals surface area contributed by atoms with Crippen molar-refractivity contribution in [2.24, 2.45) is 5.41 Å². The van der Waals surface area contributed by atoms with Crippen LogP contribution in [0.25, 0.3) is 0 Å². The number of rotatable bonds is 7. The Morgan fingerprint density at radius 2 is 1.05 bits per heavy atom. The highest BCUT2D eigenvalue weighted by Crippen LogP contribution is 2.20. The van der Waals surface area contributed by atoms with E-state index < -0.39 is 49.1 Å². The zero-order valence-corrected chi connectivity index (χ0v) is 10.9. The summed E-state index contributed by atoms with van der Waals surface area (Å²) in [7, 11) is 0. The Morgan fingerprint density at radius 3 is 1.21 bits per heavy atom. The Kier molecular flexibility index (Phi) is 6.53. The maximum absolute atomic E-state index is 11.3. The van der Waals surface area contributed by atoms with Crippen molar-refractivity contribution >= 4 is 23.9 Å². The Bertz CT molecular complexity index is 327. The van der Waals surface area contributed by atoms with Crippen molar-refractivity contribution in [3.63, 3.8) is 0 Å². The summed E-state index contributed by atoms with van der Waals surface area (Å²) in [6.07, 6.45) is 0. The highest BCUT2D eigenvalue weighted by Gasteiger charge is 2.43. The minimum atomic E-state index is -1.82. The van der Waals surface area contributed by atoms with Crippen molar-refractivity contribution in [1.82, 2.24) is 0 Å². The van der Waals surface area contributed by atoms with Crippen LogP contribution in [0, 0.1) is 5.41 Å². The van der Waals surface area contributed by atoms with Gasteiger partial charge in [-0.3, -0.25) is 19.2 Å². The molecule has 0 aliphatic rings. The lowest BCUT2D eigenvalue weighted by Gasteiger charge is -2.27. The minimum absolute atomic E-state index is 0.571. The van der Waals surface area contributed by atoms with Gasteiger partial charge in [-0.25, -0.2) is 0 Å². The normalized spacial score (nSPS) is 10.5. The Labute approximate surface area is 109 Å². The Hall–Kier alpha value is -2.12. The van der Waals surface area contributed by atoms with Crippen molar-refractivity contribution in [1.29, 1.82) is 0 Å². The molecule has 1 N–H and O–H groups in total. The first-order valence-corrected chi connectivity index (χ1v) is 5.33. The molecule has 0 fully saturated rings. The molecule has 0 aliphatic heterocycles. The molecule has 0 saturated heterocycles. The average molecular weight is 276 g/mol. The molecule has 8 heteroatoms. The zero-order valence-electron chi connectivity index (χ0n) is 10.9. The van der Waals surface area contributed by atoms with E-state index in [1.807, 2.05) is 0 Å². The molecule has 0 unspecified atom stereocenters. The van der Waals surface area contributed by atoms with Crippen molar-refractivity contribution in [2.45, 2.75) is 20.8 Å². The molecule has 108 valence electrons. The van der Waals surface area contributed by atoms with Crippen LogP contribution in [0.15, 0.2) is 0 Å². The van der Waals surface area contributed by atoms with Crippen molar-refractivity contribution in [3.05, 3.63) is 0 Å². The summed E-state index contributed by atoms with van der Waals surface area (Å²) < 4.78 is 13.9. The summed E-state index contributed by atoms with van der Waals surface area (Å²) in [6.45, 7) is 1.59. The molecule has 8 nitrogen and oxygen atoms in total. The highest BCUT2D eigenvalue weighted by atomic mass is 16.6. The third-order valence-electron chi connectivity index (χ3n) is 2.11. The first-order chi connectivity index (χ1) is 8.69. The molecule has 0 rings (SSSR count). The number of carboxylic acid groups (broad SMARTS) is 1. The first-order valence-electron chi connectivity index (χ1n) is 5.33. The number of esters is 3. The number of ether oxygens (including phenoxy) is 3. The first kappa shape index (κ1) is 16.9. The second-order valence-electron chi connectivity index (χ2n) is 3.93. The number of aliphatic carboxylic acids is 1. The third kappa shape index (κ3) is 6.39. The molecule has 0 radical (unpaired) electrons. The van der Waals surface area contributed by atoms with E-state index in [0.29, 0.717) is 0 Å². The fourth-order valence-corrected chi connectivity index (χ4v) is 1.03. The topological polar surface area (TPSA) is 116 Å². The van der Waals surface area contributed by atoms with Crippen LogP contribution in [0.5, 0.6) is 0 Å². The van der Waals surface area contributed by atoms with Gasteiger partial charge in [-0.1, -0.05) is 0 Å². The smallest absolute Gasteiger partial charge is 0.320 e. The van der Waals surface area contributed by atoms with Crippen LogP contribution in [0.1, 0.15) is 20.8 Å². The van der Waals surface area contributed by atoms with Gasteiger partial charge in [-0.05, 0) is 0 Å². The van der Waals surface area contributed by atoms with Gasteiger partial charge < -0.3 is 19.3 Å². The number of carboxylic acids is 1. The third-order valence-corrected chi connectivity index (χ3v) is 2.11. The molecule has 0 aromatic carbocycles. The van der Waals surface area contributed by atoms with Crippen LogP contribution >= 0.6 is 0 Å². The van der Waals surface area contributed by atoms with Crippen molar-refractivity contribution < 1.29 is 38.5 Å². The highest BCUT2D eigenvalue weighted by molar-refractivity contribution is 5.77. The molecule has 0 aromatic rings. The summed E-state index contributed by atoms with van der Waals surface area (Å²) in [5.41, 5.74) is -1.82. The van der Waals surface area contributed by atoms with E-state index in [0.717, 1.165) is 20.8 Å². The maximum atomic E-state index is 11.3. The fourth-order valence-electron chi connectivity index (χ4n) is 1.03. The number of carbonyl (C=O) groups is 4. The molecule has 0 atom stereocenters. The molecular weight excluding hydrogens is 260 g/mol. The quantitative estimate of drug-likeness (QED) is 0.499. The van der Waals surface area contributed by atoms with Gasteiger partial charge in [0.1, 0.15) is 19.8 Å². The standard InChI is InChI=1S/C11H16O8/c1-7(12)17-4-11(10(15)16,5-18-8(2)13)6-19-9(3)14/h4-6H2,1-3H3,(H,15,16). The molecule has 0 aliphatic carbocycles. The molecule has 0 spiro atoms. The van der Waals surface area contributed by atoms with Gasteiger partial charge in [-0.2, -0.15) is 0 Å². The number of carbonyl (C=O) groups excluding carboxylic acids is 3. The second-order valence-corrected chi connectivity index (χ2v) is 3.93. The predicted octanol–water partition coefficient (Wildman–Crippen LogP) is -0.253. The van der Waals surface area contributed by atoms with E-state index >= 15 is 0 Å². The molecule has 0 amide bonds. The van der Waals surface area contributed by atoms with Gasteiger partial charge in [0, 0.05) is 20.8 Å². The SMILES string of the molecule is CC(=O)OCC(COC(C)=O)(COC(C)=O)C(=O)O. The summed E-state index contributed by atoms with van der Waals surface area (Å²) in [4.78, 5) is 43.6. The van der Waals surface area contributed by atoms with Crippen molar-refractivity contribution in [2.75, 3.05) is 19.8 Å². The van der Waals surface area contributed by atoms with E-state index in [4.69, 9.17) is 0 Å². The van der Waals surface area contributed by atoms with Gasteiger partial charge in [0.2, 0.25) is 0 Å². The Balaban J connectivity index is 4.97. The lowest BCUT2D eigenvalue weighted by molar-refractivity contribution is -0.173. The van der Waals surface area contributed by atoms with Gasteiger partial charge in [-0.15, -0.1) is 0 Å². The zero-order chi connectivity index (χ0) is 15.1. The van der Waals surface area contributed by atoms with Crippen LogP contribution in [-0.2, 0) is 33.4 Å². The fraction of sp³-hybridized carbons (Fsp3) is 0.636. The summed E-state index contributed by atoms with van der Waals surface area (Å²) >= 11 is 0. The van der Waals surface area contributed by atoms with Crippen LogP contribution < -0.4 is 0 Å². The molecule has 19 heavy (non-hydrogen) atoms. The second kappa shape index (κ2) is 7.34. The molecule has 0 saturated carbocycles. The summed E-state index contributed by atoms with van der Waals surface area (Å²) in [5, 5.41) is 9.19. The van der Waals surface area contributed by atoms with E-state index in [2.05, 4.69) is 14.2 Å². The molecule has 0 bridgehead atoms. The van der Waals surface area contributed by atoms with Crippen LogP contribution in [-0.4, -0.2) is 48.8 Å². The van der Waals surface area contributed by atoms with Gasteiger partial charge >= 0.3 is 23.9 Å². The van der Waals surface area contributed by atoms with E-state index in [-0.39, 0.29) is 0 Å². The molecule has 0 aromatic heterocycles. The van der Waals surface area contributed by atoms with E-state index in [9.17, 15) is 24.3 Å². The van der Waals surface area contributed by atoms with E-state index in [1.54, 1.807) is 0 Å².